The summed E-state index contributed by atoms with van der Waals surface area (Å²) in [5.41, 5.74) is 0.0339. The standard InChI is InChI=1S/C18H21F3N4OS/c19-18(20,21)17-14-4-1-5-15(14)25(22-17)12-16(26)24-8-6-23(7-9-24)11-13-3-2-10-27-13/h2-3,10H,1,4-9,11-12H2. The van der Waals surface area contributed by atoms with E-state index in [2.05, 4.69) is 16.1 Å². The number of carbonyl (C=O) groups excluding carboxylic acids is 1. The first-order valence-electron chi connectivity index (χ1n) is 9.10. The Balaban J connectivity index is 1.38. The van der Waals surface area contributed by atoms with E-state index in [0.717, 1.165) is 19.6 Å². The highest BCUT2D eigenvalue weighted by Gasteiger charge is 2.40. The van der Waals surface area contributed by atoms with Gasteiger partial charge in [-0.05, 0) is 30.7 Å². The van der Waals surface area contributed by atoms with Crippen LogP contribution in [0.15, 0.2) is 17.5 Å². The first kappa shape index (κ1) is 18.5. The molecule has 1 amide bonds. The fourth-order valence-corrected chi connectivity index (χ4v) is 4.62. The summed E-state index contributed by atoms with van der Waals surface area (Å²) in [6, 6.07) is 4.12. The summed E-state index contributed by atoms with van der Waals surface area (Å²) in [6.45, 7) is 3.51. The van der Waals surface area contributed by atoms with Crippen molar-refractivity contribution in [3.05, 3.63) is 39.3 Å². The van der Waals surface area contributed by atoms with E-state index >= 15 is 0 Å². The molecule has 0 bridgehead atoms. The van der Waals surface area contributed by atoms with Gasteiger partial charge in [0, 0.05) is 48.9 Å². The number of halogens is 3. The molecule has 2 aromatic rings. The fourth-order valence-electron chi connectivity index (χ4n) is 3.87. The van der Waals surface area contributed by atoms with Gasteiger partial charge >= 0.3 is 6.18 Å². The molecule has 0 unspecified atom stereocenters. The summed E-state index contributed by atoms with van der Waals surface area (Å²) >= 11 is 1.72. The van der Waals surface area contributed by atoms with Crippen LogP contribution in [0.5, 0.6) is 0 Å². The zero-order valence-electron chi connectivity index (χ0n) is 14.8. The Labute approximate surface area is 159 Å². The molecule has 5 nitrogen and oxygen atoms in total. The molecule has 1 saturated heterocycles. The van der Waals surface area contributed by atoms with Crippen molar-refractivity contribution in [2.45, 2.75) is 38.5 Å². The van der Waals surface area contributed by atoms with Crippen molar-refractivity contribution in [1.82, 2.24) is 19.6 Å². The van der Waals surface area contributed by atoms with Gasteiger partial charge in [-0.2, -0.15) is 18.3 Å². The first-order chi connectivity index (χ1) is 12.9. The molecule has 2 aliphatic rings. The summed E-state index contributed by atoms with van der Waals surface area (Å²) in [6.07, 6.45) is -2.83. The summed E-state index contributed by atoms with van der Waals surface area (Å²) < 4.78 is 40.8. The second-order valence-electron chi connectivity index (χ2n) is 7.02. The number of alkyl halides is 3. The van der Waals surface area contributed by atoms with E-state index in [9.17, 15) is 18.0 Å². The predicted molar refractivity (Wildman–Crippen MR) is 95.4 cm³/mol. The molecule has 4 rings (SSSR count). The van der Waals surface area contributed by atoms with Crippen LogP contribution in [0.1, 0.15) is 28.2 Å². The van der Waals surface area contributed by atoms with Gasteiger partial charge in [0.15, 0.2) is 5.69 Å². The third kappa shape index (κ3) is 3.89. The average molecular weight is 398 g/mol. The Hall–Kier alpha value is -1.87. The molecule has 1 fully saturated rings. The zero-order chi connectivity index (χ0) is 19.0. The summed E-state index contributed by atoms with van der Waals surface area (Å²) in [7, 11) is 0. The normalized spacial score (nSPS) is 18.1. The SMILES string of the molecule is O=C(Cn1nc(C(F)(F)F)c2c1CCC2)N1CCN(Cc2cccs2)CC1. The van der Waals surface area contributed by atoms with E-state index in [1.807, 2.05) is 11.4 Å². The van der Waals surface area contributed by atoms with Gasteiger partial charge in [-0.1, -0.05) is 6.07 Å². The van der Waals surface area contributed by atoms with E-state index in [1.165, 1.54) is 9.56 Å². The van der Waals surface area contributed by atoms with E-state index in [0.29, 0.717) is 38.0 Å². The van der Waals surface area contributed by atoms with E-state index < -0.39 is 11.9 Å². The van der Waals surface area contributed by atoms with Crippen molar-refractivity contribution in [3.63, 3.8) is 0 Å². The third-order valence-electron chi connectivity index (χ3n) is 5.24. The van der Waals surface area contributed by atoms with Crippen molar-refractivity contribution in [3.8, 4) is 0 Å². The minimum atomic E-state index is -4.46. The van der Waals surface area contributed by atoms with Crippen molar-refractivity contribution in [2.75, 3.05) is 26.2 Å². The number of piperazine rings is 1. The van der Waals surface area contributed by atoms with Crippen LogP contribution in [0.3, 0.4) is 0 Å². The van der Waals surface area contributed by atoms with Crippen molar-refractivity contribution >= 4 is 17.2 Å². The smallest absolute Gasteiger partial charge is 0.339 e. The molecular formula is C18H21F3N4OS. The van der Waals surface area contributed by atoms with Crippen LogP contribution in [0.25, 0.3) is 0 Å². The molecule has 27 heavy (non-hydrogen) atoms. The van der Waals surface area contributed by atoms with Crippen molar-refractivity contribution in [2.24, 2.45) is 0 Å². The van der Waals surface area contributed by atoms with Crippen LogP contribution in [0.4, 0.5) is 13.2 Å². The Morgan fingerprint density at radius 3 is 2.63 bits per heavy atom. The maximum Gasteiger partial charge on any atom is 0.435 e. The maximum absolute atomic E-state index is 13.2. The van der Waals surface area contributed by atoms with Crippen molar-refractivity contribution in [1.29, 1.82) is 0 Å². The number of fused-ring (bicyclic) bond motifs is 1. The monoisotopic (exact) mass is 398 g/mol. The first-order valence-corrected chi connectivity index (χ1v) is 9.98. The summed E-state index contributed by atoms with van der Waals surface area (Å²) in [5, 5.41) is 5.79. The third-order valence-corrected chi connectivity index (χ3v) is 6.11. The molecule has 1 aliphatic heterocycles. The second kappa shape index (κ2) is 7.27. The lowest BCUT2D eigenvalue weighted by atomic mass is 10.2. The van der Waals surface area contributed by atoms with Gasteiger partial charge in [0.25, 0.3) is 0 Å². The number of thiophene rings is 1. The van der Waals surface area contributed by atoms with Crippen LogP contribution in [0.2, 0.25) is 0 Å². The minimum absolute atomic E-state index is 0.108. The van der Waals surface area contributed by atoms with E-state index in [1.54, 1.807) is 16.2 Å². The molecule has 0 atom stereocenters. The van der Waals surface area contributed by atoms with Crippen LogP contribution in [-0.4, -0.2) is 51.7 Å². The Morgan fingerprint density at radius 2 is 1.96 bits per heavy atom. The molecule has 0 radical (unpaired) electrons. The van der Waals surface area contributed by atoms with E-state index in [-0.39, 0.29) is 18.0 Å². The zero-order valence-corrected chi connectivity index (χ0v) is 15.7. The molecule has 0 N–H and O–H groups in total. The number of nitrogens with zero attached hydrogens (tertiary/aromatic N) is 4. The summed E-state index contributed by atoms with van der Waals surface area (Å²) in [4.78, 5) is 17.9. The maximum atomic E-state index is 13.2. The number of rotatable bonds is 4. The lowest BCUT2D eigenvalue weighted by Gasteiger charge is -2.34. The highest BCUT2D eigenvalue weighted by Crippen LogP contribution is 2.36. The number of carbonyl (C=O) groups is 1. The highest BCUT2D eigenvalue weighted by atomic mass is 32.1. The van der Waals surface area contributed by atoms with Crippen molar-refractivity contribution < 1.29 is 18.0 Å². The predicted octanol–water partition coefficient (Wildman–Crippen LogP) is 2.80. The number of hydrogen-bond acceptors (Lipinski definition) is 4. The highest BCUT2D eigenvalue weighted by molar-refractivity contribution is 7.09. The van der Waals surface area contributed by atoms with Crippen LogP contribution in [0, 0.1) is 0 Å². The molecule has 0 spiro atoms. The topological polar surface area (TPSA) is 41.4 Å². The van der Waals surface area contributed by atoms with Gasteiger partial charge in [-0.25, -0.2) is 0 Å². The lowest BCUT2D eigenvalue weighted by Crippen LogP contribution is -2.49. The molecule has 3 heterocycles. The van der Waals surface area contributed by atoms with Gasteiger partial charge in [-0.15, -0.1) is 11.3 Å². The largest absolute Gasteiger partial charge is 0.435 e. The second-order valence-corrected chi connectivity index (χ2v) is 8.05. The lowest BCUT2D eigenvalue weighted by molar-refractivity contribution is -0.142. The number of aromatic nitrogens is 2. The molecule has 9 heteroatoms. The Bertz CT molecular complexity index is 807. The van der Waals surface area contributed by atoms with Gasteiger partial charge in [0.05, 0.1) is 0 Å². The summed E-state index contributed by atoms with van der Waals surface area (Å²) in [5.74, 6) is -0.156. The fraction of sp³-hybridized carbons (Fsp3) is 0.556. The number of hydrogen-bond donors (Lipinski definition) is 0. The molecule has 1 aliphatic carbocycles. The average Bonchev–Trinajstić information content (AvgIpc) is 3.34. The molecule has 146 valence electrons. The Kier molecular flexibility index (Phi) is 4.98. The van der Waals surface area contributed by atoms with Crippen LogP contribution in [-0.2, 0) is 36.9 Å². The molecule has 0 aromatic carbocycles. The minimum Gasteiger partial charge on any atom is -0.339 e. The quantitative estimate of drug-likeness (QED) is 0.795. The molecular weight excluding hydrogens is 377 g/mol. The van der Waals surface area contributed by atoms with Crippen LogP contribution >= 0.6 is 11.3 Å². The van der Waals surface area contributed by atoms with Gasteiger partial charge in [0.2, 0.25) is 5.91 Å². The van der Waals surface area contributed by atoms with E-state index in [4.69, 9.17) is 0 Å². The van der Waals surface area contributed by atoms with Gasteiger partial charge < -0.3 is 4.90 Å². The molecule has 2 aromatic heterocycles. The van der Waals surface area contributed by atoms with Gasteiger partial charge in [-0.3, -0.25) is 14.4 Å². The number of amides is 1. The molecule has 0 saturated carbocycles. The Morgan fingerprint density at radius 1 is 1.19 bits per heavy atom. The van der Waals surface area contributed by atoms with Gasteiger partial charge in [0.1, 0.15) is 6.54 Å². The van der Waals surface area contributed by atoms with Crippen LogP contribution < -0.4 is 0 Å².